The molecule has 0 spiro atoms. The molecule has 1 aromatic carbocycles. The van der Waals surface area contributed by atoms with Crippen LogP contribution in [-0.4, -0.2) is 29.4 Å². The van der Waals surface area contributed by atoms with Gasteiger partial charge in [0.15, 0.2) is 0 Å². The molecule has 0 amide bonds. The Morgan fingerprint density at radius 3 is 2.00 bits per heavy atom. The molecule has 1 aliphatic rings. The molecule has 1 saturated heterocycles. The summed E-state index contributed by atoms with van der Waals surface area (Å²) in [5, 5.41) is 8.98. The molecule has 1 aromatic rings. The van der Waals surface area contributed by atoms with Gasteiger partial charge in [-0.25, -0.2) is 0 Å². The number of aliphatic carboxylic acids is 1. The number of benzene rings is 1. The smallest absolute Gasteiger partial charge is 0.481 e. The van der Waals surface area contributed by atoms with Gasteiger partial charge in [0.25, 0.3) is 0 Å². The topological polar surface area (TPSA) is 55.8 Å². The number of rotatable bonds is 5. The van der Waals surface area contributed by atoms with Crippen LogP contribution in [0.1, 0.15) is 53.5 Å². The minimum atomic E-state index is -0.760. The number of carboxylic acid groups (broad SMARTS) is 1. The van der Waals surface area contributed by atoms with Crippen molar-refractivity contribution in [2.45, 2.75) is 65.6 Å². The first-order chi connectivity index (χ1) is 10.4. The van der Waals surface area contributed by atoms with Gasteiger partial charge in [-0.05, 0) is 50.6 Å². The molecule has 0 aliphatic carbocycles. The summed E-state index contributed by atoms with van der Waals surface area (Å²) in [6.07, 6.45) is 0.884. The monoisotopic (exact) mass is 318 g/mol. The molecule has 1 fully saturated rings. The molecule has 5 heteroatoms. The van der Waals surface area contributed by atoms with E-state index in [1.54, 1.807) is 0 Å². The van der Waals surface area contributed by atoms with E-state index in [0.29, 0.717) is 0 Å². The van der Waals surface area contributed by atoms with E-state index in [1.807, 2.05) is 65.8 Å². The lowest BCUT2D eigenvalue weighted by Gasteiger charge is -2.32. The molecular formula is C18H27BO4. The highest BCUT2D eigenvalue weighted by molar-refractivity contribution is 6.62. The Bertz CT molecular complexity index is 559. The number of hydrogen-bond acceptors (Lipinski definition) is 3. The van der Waals surface area contributed by atoms with Gasteiger partial charge in [-0.1, -0.05) is 38.1 Å². The maximum Gasteiger partial charge on any atom is 0.494 e. The van der Waals surface area contributed by atoms with Gasteiger partial charge < -0.3 is 14.4 Å². The second-order valence-corrected chi connectivity index (χ2v) is 8.24. The molecule has 0 unspecified atom stereocenters. The fraction of sp³-hybridized carbons (Fsp3) is 0.611. The minimum Gasteiger partial charge on any atom is -0.481 e. The summed E-state index contributed by atoms with van der Waals surface area (Å²) in [4.78, 5) is 10.9. The molecule has 23 heavy (non-hydrogen) atoms. The Balaban J connectivity index is 2.08. The molecule has 1 heterocycles. The van der Waals surface area contributed by atoms with E-state index >= 15 is 0 Å². The van der Waals surface area contributed by atoms with Crippen molar-refractivity contribution in [1.82, 2.24) is 0 Å². The van der Waals surface area contributed by atoms with Gasteiger partial charge in [0.05, 0.1) is 17.6 Å². The maximum atomic E-state index is 10.9. The molecule has 0 bridgehead atoms. The van der Waals surface area contributed by atoms with Crippen molar-refractivity contribution < 1.29 is 19.2 Å². The zero-order valence-electron chi connectivity index (χ0n) is 15.0. The van der Waals surface area contributed by atoms with E-state index in [0.717, 1.165) is 17.4 Å². The molecule has 126 valence electrons. The van der Waals surface area contributed by atoms with Gasteiger partial charge in [-0.3, -0.25) is 4.79 Å². The van der Waals surface area contributed by atoms with Crippen LogP contribution >= 0.6 is 0 Å². The van der Waals surface area contributed by atoms with Gasteiger partial charge in [0.1, 0.15) is 0 Å². The van der Waals surface area contributed by atoms with E-state index in [4.69, 9.17) is 14.4 Å². The van der Waals surface area contributed by atoms with E-state index < -0.39 is 5.97 Å². The van der Waals surface area contributed by atoms with Gasteiger partial charge in [0, 0.05) is 0 Å². The zero-order chi connectivity index (χ0) is 17.5. The van der Waals surface area contributed by atoms with Crippen molar-refractivity contribution in [2.24, 2.45) is 5.41 Å². The summed E-state index contributed by atoms with van der Waals surface area (Å²) in [7, 11) is -0.360. The highest BCUT2D eigenvalue weighted by atomic mass is 16.7. The van der Waals surface area contributed by atoms with Crippen molar-refractivity contribution in [3.8, 4) is 0 Å². The Hall–Kier alpha value is -1.33. The summed E-state index contributed by atoms with van der Waals surface area (Å²) in [5.74, 6) is -0.760. The average Bonchev–Trinajstić information content (AvgIpc) is 2.57. The van der Waals surface area contributed by atoms with E-state index in [-0.39, 0.29) is 30.2 Å². The number of carboxylic acids is 1. The lowest BCUT2D eigenvalue weighted by molar-refractivity contribution is -0.139. The predicted octanol–water partition coefficient (Wildman–Crippen LogP) is 3.03. The summed E-state index contributed by atoms with van der Waals surface area (Å²) < 4.78 is 12.1. The fourth-order valence-electron chi connectivity index (χ4n) is 2.80. The Morgan fingerprint density at radius 1 is 1.09 bits per heavy atom. The van der Waals surface area contributed by atoms with Crippen LogP contribution in [-0.2, 0) is 20.5 Å². The van der Waals surface area contributed by atoms with Crippen LogP contribution in [0.25, 0.3) is 0 Å². The van der Waals surface area contributed by atoms with Crippen LogP contribution in [0, 0.1) is 5.41 Å². The van der Waals surface area contributed by atoms with Crippen molar-refractivity contribution in [3.05, 3.63) is 29.8 Å². The molecule has 0 saturated carbocycles. The summed E-state index contributed by atoms with van der Waals surface area (Å²) in [6, 6.07) is 8.08. The predicted molar refractivity (Wildman–Crippen MR) is 91.9 cm³/mol. The van der Waals surface area contributed by atoms with Crippen LogP contribution in [0.4, 0.5) is 0 Å². The Morgan fingerprint density at radius 2 is 1.57 bits per heavy atom. The summed E-state index contributed by atoms with van der Waals surface area (Å²) in [5.41, 5.74) is 1.15. The lowest BCUT2D eigenvalue weighted by Crippen LogP contribution is -2.41. The third kappa shape index (κ3) is 4.15. The maximum absolute atomic E-state index is 10.9. The second kappa shape index (κ2) is 5.95. The van der Waals surface area contributed by atoms with Crippen LogP contribution in [0.2, 0.25) is 0 Å². The third-order valence-electron chi connectivity index (χ3n) is 4.82. The van der Waals surface area contributed by atoms with Crippen LogP contribution in [0.15, 0.2) is 24.3 Å². The van der Waals surface area contributed by atoms with Gasteiger partial charge >= 0.3 is 13.1 Å². The van der Waals surface area contributed by atoms with Gasteiger partial charge in [-0.15, -0.1) is 0 Å². The van der Waals surface area contributed by atoms with Crippen molar-refractivity contribution in [1.29, 1.82) is 0 Å². The first-order valence-electron chi connectivity index (χ1n) is 8.08. The highest BCUT2D eigenvalue weighted by Crippen LogP contribution is 2.36. The van der Waals surface area contributed by atoms with Crippen molar-refractivity contribution in [2.75, 3.05) is 0 Å². The number of hydrogen-bond donors (Lipinski definition) is 1. The van der Waals surface area contributed by atoms with Crippen LogP contribution in [0.3, 0.4) is 0 Å². The van der Waals surface area contributed by atoms with Crippen molar-refractivity contribution >= 4 is 18.6 Å². The molecule has 1 aliphatic heterocycles. The highest BCUT2D eigenvalue weighted by Gasteiger charge is 2.51. The average molecular weight is 318 g/mol. The van der Waals surface area contributed by atoms with Gasteiger partial charge in [-0.2, -0.15) is 0 Å². The molecule has 0 radical (unpaired) electrons. The molecule has 0 aromatic heterocycles. The first-order valence-corrected chi connectivity index (χ1v) is 8.08. The van der Waals surface area contributed by atoms with Gasteiger partial charge in [0.2, 0.25) is 0 Å². The minimum absolute atomic E-state index is 0.159. The van der Waals surface area contributed by atoms with E-state index in [9.17, 15) is 4.79 Å². The normalized spacial score (nSPS) is 19.8. The molecule has 4 nitrogen and oxygen atoms in total. The lowest BCUT2D eigenvalue weighted by atomic mass is 9.77. The van der Waals surface area contributed by atoms with Crippen LogP contribution < -0.4 is 5.46 Å². The van der Waals surface area contributed by atoms with E-state index in [2.05, 4.69) is 0 Å². The largest absolute Gasteiger partial charge is 0.494 e. The molecule has 1 N–H and O–H groups in total. The molecular weight excluding hydrogens is 291 g/mol. The van der Waals surface area contributed by atoms with Crippen molar-refractivity contribution in [3.63, 3.8) is 0 Å². The fourth-order valence-corrected chi connectivity index (χ4v) is 2.80. The molecule has 0 atom stereocenters. The quantitative estimate of drug-likeness (QED) is 0.848. The SMILES string of the molecule is CC(C)(CC(=O)O)Cc1ccc(B2OC(C)(C)C(C)(C)O2)cc1. The number of carbonyl (C=O) groups is 1. The Labute approximate surface area is 139 Å². The summed E-state index contributed by atoms with van der Waals surface area (Å²) in [6.45, 7) is 12.1. The second-order valence-electron chi connectivity index (χ2n) is 8.24. The Kier molecular flexibility index (Phi) is 4.66. The molecule has 2 rings (SSSR count). The zero-order valence-corrected chi connectivity index (χ0v) is 15.0. The third-order valence-corrected chi connectivity index (χ3v) is 4.82. The standard InChI is InChI=1S/C18H27BO4/c1-16(2,12-15(20)21)11-13-7-9-14(10-8-13)19-22-17(3,4)18(5,6)23-19/h7-10H,11-12H2,1-6H3,(H,20,21). The first kappa shape index (κ1) is 18.0. The van der Waals surface area contributed by atoms with E-state index in [1.165, 1.54) is 0 Å². The van der Waals surface area contributed by atoms with Crippen LogP contribution in [0.5, 0.6) is 0 Å². The summed E-state index contributed by atoms with van der Waals surface area (Å²) >= 11 is 0.